The third kappa shape index (κ3) is 4.03. The Kier molecular flexibility index (Phi) is 5.55. The van der Waals surface area contributed by atoms with Gasteiger partial charge in [-0.2, -0.15) is 0 Å². The third-order valence-corrected chi connectivity index (χ3v) is 3.59. The van der Waals surface area contributed by atoms with E-state index in [2.05, 4.69) is 5.32 Å². The maximum absolute atomic E-state index is 6.22. The summed E-state index contributed by atoms with van der Waals surface area (Å²) in [5.74, 6) is 1.19. The van der Waals surface area contributed by atoms with Gasteiger partial charge < -0.3 is 10.1 Å². The van der Waals surface area contributed by atoms with Crippen molar-refractivity contribution >= 4 is 34.8 Å². The number of nitrogens with one attached hydrogen (secondary N) is 1. The molecule has 0 aliphatic carbocycles. The Morgan fingerprint density at radius 1 is 1.00 bits per heavy atom. The summed E-state index contributed by atoms with van der Waals surface area (Å²) in [5, 5.41) is 4.92. The molecule has 0 heterocycles. The summed E-state index contributed by atoms with van der Waals surface area (Å²) in [6.07, 6.45) is 0. The molecular weight excluding hydrogens is 317 g/mol. The molecule has 0 saturated heterocycles. The van der Waals surface area contributed by atoms with Crippen LogP contribution in [0.4, 0.5) is 0 Å². The van der Waals surface area contributed by atoms with Gasteiger partial charge in [0.2, 0.25) is 0 Å². The second kappa shape index (κ2) is 7.19. The van der Waals surface area contributed by atoms with E-state index in [0.717, 1.165) is 18.7 Å². The van der Waals surface area contributed by atoms with Crippen molar-refractivity contribution in [2.75, 3.05) is 6.54 Å². The summed E-state index contributed by atoms with van der Waals surface area (Å²) in [7, 11) is 0. The molecule has 1 N–H and O–H groups in total. The van der Waals surface area contributed by atoms with Crippen molar-refractivity contribution in [1.82, 2.24) is 5.32 Å². The Labute approximate surface area is 133 Å². The lowest BCUT2D eigenvalue weighted by Gasteiger charge is -2.10. The van der Waals surface area contributed by atoms with Gasteiger partial charge in [-0.05, 0) is 42.4 Å². The molecule has 0 aliphatic rings. The first-order chi connectivity index (χ1) is 9.60. The molecule has 0 amide bonds. The monoisotopic (exact) mass is 329 g/mol. The molecule has 2 rings (SSSR count). The van der Waals surface area contributed by atoms with Gasteiger partial charge in [-0.25, -0.2) is 0 Å². The maximum Gasteiger partial charge on any atom is 0.146 e. The lowest BCUT2D eigenvalue weighted by atomic mass is 10.2. The van der Waals surface area contributed by atoms with Crippen molar-refractivity contribution in [3.8, 4) is 11.5 Å². The highest BCUT2D eigenvalue weighted by molar-refractivity contribution is 6.35. The van der Waals surface area contributed by atoms with Gasteiger partial charge in [0.15, 0.2) is 0 Å². The van der Waals surface area contributed by atoms with Crippen LogP contribution >= 0.6 is 34.8 Å². The highest BCUT2D eigenvalue weighted by Gasteiger charge is 2.06. The third-order valence-electron chi connectivity index (χ3n) is 2.71. The highest BCUT2D eigenvalue weighted by Crippen LogP contribution is 2.33. The van der Waals surface area contributed by atoms with E-state index in [9.17, 15) is 0 Å². The van der Waals surface area contributed by atoms with Gasteiger partial charge in [-0.3, -0.25) is 0 Å². The summed E-state index contributed by atoms with van der Waals surface area (Å²) in [4.78, 5) is 0. The number of hydrogen-bond acceptors (Lipinski definition) is 2. The average molecular weight is 331 g/mol. The Hall–Kier alpha value is -0.930. The van der Waals surface area contributed by atoms with Crippen LogP contribution in [0.15, 0.2) is 36.4 Å². The molecule has 0 bridgehead atoms. The first kappa shape index (κ1) is 15.5. The van der Waals surface area contributed by atoms with E-state index < -0.39 is 0 Å². The Bertz CT molecular complexity index is 602. The van der Waals surface area contributed by atoms with Gasteiger partial charge in [0, 0.05) is 16.6 Å². The molecule has 0 spiro atoms. The normalized spacial score (nSPS) is 10.6. The van der Waals surface area contributed by atoms with E-state index in [4.69, 9.17) is 39.5 Å². The largest absolute Gasteiger partial charge is 0.456 e. The average Bonchev–Trinajstić information content (AvgIpc) is 2.41. The standard InChI is InChI=1S/C15H14Cl3NO/c1-2-19-9-10-3-5-12(8-13(10)17)20-15-6-4-11(16)7-14(15)18/h3-8,19H,2,9H2,1H3. The van der Waals surface area contributed by atoms with E-state index in [1.165, 1.54) is 0 Å². The molecule has 0 atom stereocenters. The Morgan fingerprint density at radius 3 is 2.45 bits per heavy atom. The van der Waals surface area contributed by atoms with Gasteiger partial charge in [0.1, 0.15) is 11.5 Å². The zero-order valence-corrected chi connectivity index (χ0v) is 13.2. The summed E-state index contributed by atoms with van der Waals surface area (Å²) in [6.45, 7) is 3.68. The van der Waals surface area contributed by atoms with E-state index in [1.54, 1.807) is 24.3 Å². The fraction of sp³-hybridized carbons (Fsp3) is 0.200. The van der Waals surface area contributed by atoms with Crippen LogP contribution in [0.5, 0.6) is 11.5 Å². The summed E-state index contributed by atoms with van der Waals surface area (Å²) in [6, 6.07) is 10.7. The number of benzene rings is 2. The molecule has 5 heteroatoms. The molecule has 0 unspecified atom stereocenters. The quantitative estimate of drug-likeness (QED) is 0.776. The number of rotatable bonds is 5. The minimum absolute atomic E-state index is 0.463. The van der Waals surface area contributed by atoms with Crippen molar-refractivity contribution < 1.29 is 4.74 Å². The van der Waals surface area contributed by atoms with Gasteiger partial charge in [0.05, 0.1) is 5.02 Å². The molecule has 2 aromatic carbocycles. The summed E-state index contributed by atoms with van der Waals surface area (Å²) in [5.41, 5.74) is 1.03. The molecule has 0 aromatic heterocycles. The molecule has 2 aromatic rings. The lowest BCUT2D eigenvalue weighted by molar-refractivity contribution is 0.482. The van der Waals surface area contributed by atoms with Crippen LogP contribution in [0.1, 0.15) is 12.5 Å². The Balaban J connectivity index is 2.15. The fourth-order valence-electron chi connectivity index (χ4n) is 1.68. The van der Waals surface area contributed by atoms with Crippen molar-refractivity contribution in [3.05, 3.63) is 57.0 Å². The number of ether oxygens (including phenoxy) is 1. The lowest BCUT2D eigenvalue weighted by Crippen LogP contribution is -2.11. The molecular formula is C15H14Cl3NO. The van der Waals surface area contributed by atoms with Crippen LogP contribution < -0.4 is 10.1 Å². The Morgan fingerprint density at radius 2 is 1.80 bits per heavy atom. The number of halogens is 3. The van der Waals surface area contributed by atoms with Crippen molar-refractivity contribution in [2.24, 2.45) is 0 Å². The van der Waals surface area contributed by atoms with Crippen LogP contribution in [0.25, 0.3) is 0 Å². The van der Waals surface area contributed by atoms with Crippen LogP contribution in [0, 0.1) is 0 Å². The summed E-state index contributed by atoms with van der Waals surface area (Å²) < 4.78 is 5.71. The molecule has 20 heavy (non-hydrogen) atoms. The predicted octanol–water partition coefficient (Wildman–Crippen LogP) is 5.55. The fourth-order valence-corrected chi connectivity index (χ4v) is 2.36. The van der Waals surface area contributed by atoms with Crippen molar-refractivity contribution in [2.45, 2.75) is 13.5 Å². The smallest absolute Gasteiger partial charge is 0.146 e. The first-order valence-corrected chi connectivity index (χ1v) is 7.35. The van der Waals surface area contributed by atoms with Crippen LogP contribution in [0.2, 0.25) is 15.1 Å². The van der Waals surface area contributed by atoms with E-state index >= 15 is 0 Å². The predicted molar refractivity (Wildman–Crippen MR) is 85.4 cm³/mol. The van der Waals surface area contributed by atoms with Gasteiger partial charge in [0.25, 0.3) is 0 Å². The minimum Gasteiger partial charge on any atom is -0.456 e. The van der Waals surface area contributed by atoms with Crippen LogP contribution in [-0.4, -0.2) is 6.54 Å². The molecule has 0 aliphatic heterocycles. The van der Waals surface area contributed by atoms with E-state index in [0.29, 0.717) is 26.6 Å². The first-order valence-electron chi connectivity index (χ1n) is 6.22. The van der Waals surface area contributed by atoms with Crippen molar-refractivity contribution in [3.63, 3.8) is 0 Å². The van der Waals surface area contributed by atoms with E-state index in [1.807, 2.05) is 19.1 Å². The molecule has 2 nitrogen and oxygen atoms in total. The molecule has 106 valence electrons. The number of hydrogen-bond donors (Lipinski definition) is 1. The maximum atomic E-state index is 6.22. The SMILES string of the molecule is CCNCc1ccc(Oc2ccc(Cl)cc2Cl)cc1Cl. The zero-order valence-electron chi connectivity index (χ0n) is 10.9. The summed E-state index contributed by atoms with van der Waals surface area (Å²) >= 11 is 18.1. The van der Waals surface area contributed by atoms with Gasteiger partial charge in [-0.15, -0.1) is 0 Å². The second-order valence-corrected chi connectivity index (χ2v) is 5.46. The minimum atomic E-state index is 0.463. The topological polar surface area (TPSA) is 21.3 Å². The van der Waals surface area contributed by atoms with Crippen molar-refractivity contribution in [1.29, 1.82) is 0 Å². The highest BCUT2D eigenvalue weighted by atomic mass is 35.5. The zero-order chi connectivity index (χ0) is 14.5. The van der Waals surface area contributed by atoms with Crippen LogP contribution in [-0.2, 0) is 6.54 Å². The van der Waals surface area contributed by atoms with Gasteiger partial charge >= 0.3 is 0 Å². The molecule has 0 fully saturated rings. The second-order valence-electron chi connectivity index (χ2n) is 4.21. The van der Waals surface area contributed by atoms with Gasteiger partial charge in [-0.1, -0.05) is 47.8 Å². The van der Waals surface area contributed by atoms with E-state index in [-0.39, 0.29) is 0 Å². The van der Waals surface area contributed by atoms with Crippen LogP contribution in [0.3, 0.4) is 0 Å². The molecule has 0 saturated carbocycles. The molecule has 0 radical (unpaired) electrons.